The van der Waals surface area contributed by atoms with Crippen molar-refractivity contribution in [2.45, 2.75) is 33.2 Å². The molecule has 110 valence electrons. The Morgan fingerprint density at radius 1 is 1.20 bits per heavy atom. The second-order valence-electron chi connectivity index (χ2n) is 5.09. The number of benzene rings is 1. The van der Waals surface area contributed by atoms with Gasteiger partial charge in [-0.05, 0) is 43.5 Å². The molecule has 1 rings (SSSR count). The zero-order chi connectivity index (χ0) is 15.1. The van der Waals surface area contributed by atoms with Crippen LogP contribution in [0.25, 0.3) is 0 Å². The van der Waals surface area contributed by atoms with Crippen LogP contribution in [0.4, 0.5) is 0 Å². The summed E-state index contributed by atoms with van der Waals surface area (Å²) in [5.74, 6) is -0.188. The van der Waals surface area contributed by atoms with Crippen molar-refractivity contribution in [2.24, 2.45) is 5.92 Å². The van der Waals surface area contributed by atoms with Gasteiger partial charge in [0.05, 0.1) is 6.61 Å². The lowest BCUT2D eigenvalue weighted by Crippen LogP contribution is -2.38. The van der Waals surface area contributed by atoms with Crippen molar-refractivity contribution in [2.75, 3.05) is 6.61 Å². The smallest absolute Gasteiger partial charge is 0.325 e. The maximum Gasteiger partial charge on any atom is 0.325 e. The number of rotatable bonds is 7. The summed E-state index contributed by atoms with van der Waals surface area (Å²) in [6, 6.07) is 5.74. The molecule has 20 heavy (non-hydrogen) atoms. The summed E-state index contributed by atoms with van der Waals surface area (Å²) in [6.07, 6.45) is 0.971. The van der Waals surface area contributed by atoms with E-state index in [-0.39, 0.29) is 0 Å². The minimum absolute atomic E-state index is 0.409. The number of carbonyl (C=O) groups excluding carboxylic acids is 1. The van der Waals surface area contributed by atoms with Crippen LogP contribution in [0.1, 0.15) is 37.6 Å². The van der Waals surface area contributed by atoms with E-state index in [4.69, 9.17) is 9.84 Å². The summed E-state index contributed by atoms with van der Waals surface area (Å²) in [5, 5.41) is 11.1. The molecule has 0 spiro atoms. The van der Waals surface area contributed by atoms with Gasteiger partial charge >= 0.3 is 5.97 Å². The van der Waals surface area contributed by atoms with Gasteiger partial charge in [0, 0.05) is 5.56 Å². The molecule has 0 fully saturated rings. The van der Waals surface area contributed by atoms with Gasteiger partial charge in [0.1, 0.15) is 11.8 Å². The van der Waals surface area contributed by atoms with Crippen LogP contribution in [-0.2, 0) is 4.79 Å². The number of ether oxygens (including phenoxy) is 1. The number of hydrogen-bond donors (Lipinski definition) is 2. The maximum atomic E-state index is 11.8. The largest absolute Gasteiger partial charge is 0.494 e. The van der Waals surface area contributed by atoms with Gasteiger partial charge in [-0.15, -0.1) is 0 Å². The molecule has 0 aliphatic rings. The van der Waals surface area contributed by atoms with E-state index in [1.807, 2.05) is 0 Å². The van der Waals surface area contributed by atoms with Crippen molar-refractivity contribution in [1.82, 2.24) is 5.32 Å². The van der Waals surface area contributed by atoms with Gasteiger partial charge in [0.2, 0.25) is 0 Å². The van der Waals surface area contributed by atoms with E-state index < -0.39 is 17.9 Å². The quantitative estimate of drug-likeness (QED) is 0.803. The third kappa shape index (κ3) is 5.30. The molecular weight excluding hydrogens is 258 g/mol. The van der Waals surface area contributed by atoms with Gasteiger partial charge in [0.15, 0.2) is 0 Å². The van der Waals surface area contributed by atoms with Crippen LogP contribution in [0.3, 0.4) is 0 Å². The topological polar surface area (TPSA) is 75.6 Å². The number of hydrogen-bond acceptors (Lipinski definition) is 3. The Morgan fingerprint density at radius 2 is 1.80 bits per heavy atom. The van der Waals surface area contributed by atoms with Gasteiger partial charge in [-0.25, -0.2) is 0 Å². The van der Waals surface area contributed by atoms with Gasteiger partial charge in [-0.2, -0.15) is 0 Å². The van der Waals surface area contributed by atoms with Crippen LogP contribution in [0.2, 0.25) is 0 Å². The molecule has 1 amide bonds. The molecule has 0 saturated carbocycles. The van der Waals surface area contributed by atoms with E-state index in [0.29, 0.717) is 23.8 Å². The molecule has 0 aliphatic heterocycles. The SMILES string of the molecule is CC(C)CCOc1ccc(C(=O)N[C@@H](C)C(=O)O)cc1. The van der Waals surface area contributed by atoms with Crippen molar-refractivity contribution < 1.29 is 19.4 Å². The summed E-state index contributed by atoms with van der Waals surface area (Å²) in [7, 11) is 0. The molecule has 2 N–H and O–H groups in total. The molecule has 0 heterocycles. The third-order valence-electron chi connectivity index (χ3n) is 2.80. The van der Waals surface area contributed by atoms with Crippen LogP contribution < -0.4 is 10.1 Å². The number of amides is 1. The molecule has 0 radical (unpaired) electrons. The molecule has 0 aliphatic carbocycles. The highest BCUT2D eigenvalue weighted by atomic mass is 16.5. The fourth-order valence-corrected chi connectivity index (χ4v) is 1.46. The first-order valence-corrected chi connectivity index (χ1v) is 6.66. The first-order chi connectivity index (χ1) is 9.40. The van der Waals surface area contributed by atoms with Gasteiger partial charge in [0.25, 0.3) is 5.91 Å². The lowest BCUT2D eigenvalue weighted by atomic mass is 10.1. The predicted octanol–water partition coefficient (Wildman–Crippen LogP) is 2.31. The number of carboxylic acid groups (broad SMARTS) is 1. The molecule has 1 aromatic rings. The Bertz CT molecular complexity index is 453. The standard InChI is InChI=1S/C15H21NO4/c1-10(2)8-9-20-13-6-4-12(5-7-13)14(17)16-11(3)15(18)19/h4-7,10-11H,8-9H2,1-3H3,(H,16,17)(H,18,19)/t11-/m0/s1. The lowest BCUT2D eigenvalue weighted by molar-refractivity contribution is -0.138. The molecule has 0 unspecified atom stereocenters. The zero-order valence-corrected chi connectivity index (χ0v) is 12.1. The van der Waals surface area contributed by atoms with Crippen molar-refractivity contribution in [1.29, 1.82) is 0 Å². The van der Waals surface area contributed by atoms with E-state index in [2.05, 4.69) is 19.2 Å². The number of carboxylic acids is 1. The lowest BCUT2D eigenvalue weighted by Gasteiger charge is -2.10. The second kappa shape index (κ2) is 7.53. The fourth-order valence-electron chi connectivity index (χ4n) is 1.46. The van der Waals surface area contributed by atoms with Crippen molar-refractivity contribution in [3.8, 4) is 5.75 Å². The fraction of sp³-hybridized carbons (Fsp3) is 0.467. The molecule has 5 nitrogen and oxygen atoms in total. The summed E-state index contributed by atoms with van der Waals surface area (Å²) >= 11 is 0. The zero-order valence-electron chi connectivity index (χ0n) is 12.1. The average molecular weight is 279 g/mol. The molecular formula is C15H21NO4. The van der Waals surface area contributed by atoms with Crippen LogP contribution in [0.5, 0.6) is 5.75 Å². The Labute approximate surface area is 118 Å². The molecule has 5 heteroatoms. The van der Waals surface area contributed by atoms with Gasteiger partial charge in [-0.3, -0.25) is 9.59 Å². The van der Waals surface area contributed by atoms with Gasteiger partial charge in [-0.1, -0.05) is 13.8 Å². The summed E-state index contributed by atoms with van der Waals surface area (Å²) in [5.41, 5.74) is 0.411. The highest BCUT2D eigenvalue weighted by Gasteiger charge is 2.15. The van der Waals surface area contributed by atoms with Crippen LogP contribution in [0, 0.1) is 5.92 Å². The molecule has 0 saturated heterocycles. The van der Waals surface area contributed by atoms with Crippen molar-refractivity contribution in [3.05, 3.63) is 29.8 Å². The molecule has 1 atom stereocenters. The highest BCUT2D eigenvalue weighted by molar-refractivity contribution is 5.96. The van der Waals surface area contributed by atoms with E-state index >= 15 is 0 Å². The third-order valence-corrected chi connectivity index (χ3v) is 2.80. The maximum absolute atomic E-state index is 11.8. The Kier molecular flexibility index (Phi) is 6.03. The Morgan fingerprint density at radius 3 is 2.30 bits per heavy atom. The van der Waals surface area contributed by atoms with E-state index in [1.54, 1.807) is 24.3 Å². The Balaban J connectivity index is 2.53. The Hall–Kier alpha value is -2.04. The average Bonchev–Trinajstić information content (AvgIpc) is 2.38. The normalized spacial score (nSPS) is 12.0. The first-order valence-electron chi connectivity index (χ1n) is 6.66. The second-order valence-corrected chi connectivity index (χ2v) is 5.09. The summed E-state index contributed by atoms with van der Waals surface area (Å²) < 4.78 is 5.55. The minimum atomic E-state index is -1.06. The van der Waals surface area contributed by atoms with E-state index in [1.165, 1.54) is 6.92 Å². The van der Waals surface area contributed by atoms with Crippen molar-refractivity contribution in [3.63, 3.8) is 0 Å². The summed E-state index contributed by atoms with van der Waals surface area (Å²) in [4.78, 5) is 22.4. The summed E-state index contributed by atoms with van der Waals surface area (Å²) in [6.45, 7) is 6.31. The predicted molar refractivity (Wildman–Crippen MR) is 76.0 cm³/mol. The molecule has 1 aromatic carbocycles. The van der Waals surface area contributed by atoms with Crippen LogP contribution in [0.15, 0.2) is 24.3 Å². The molecule has 0 bridgehead atoms. The first kappa shape index (κ1) is 16.0. The number of carbonyl (C=O) groups is 2. The van der Waals surface area contributed by atoms with E-state index in [0.717, 1.165) is 6.42 Å². The number of nitrogens with one attached hydrogen (secondary N) is 1. The highest BCUT2D eigenvalue weighted by Crippen LogP contribution is 2.13. The van der Waals surface area contributed by atoms with Gasteiger partial charge < -0.3 is 15.2 Å². The van der Waals surface area contributed by atoms with Crippen molar-refractivity contribution >= 4 is 11.9 Å². The van der Waals surface area contributed by atoms with E-state index in [9.17, 15) is 9.59 Å². The molecule has 0 aromatic heterocycles. The monoisotopic (exact) mass is 279 g/mol. The number of aliphatic carboxylic acids is 1. The van der Waals surface area contributed by atoms with Crippen LogP contribution >= 0.6 is 0 Å². The minimum Gasteiger partial charge on any atom is -0.494 e. The van der Waals surface area contributed by atoms with Crippen LogP contribution in [-0.4, -0.2) is 29.6 Å².